The van der Waals surface area contributed by atoms with Gasteiger partial charge in [0.1, 0.15) is 0 Å². The first-order chi connectivity index (χ1) is 18.3. The Labute approximate surface area is 217 Å². The fraction of sp³-hybridized carbons (Fsp3) is 0.0294. The number of hydrogen-bond donors (Lipinski definition) is 0. The Balaban J connectivity index is 1.47. The number of fused-ring (bicyclic) bond motifs is 1. The van der Waals surface area contributed by atoms with E-state index < -0.39 is 0 Å². The van der Waals surface area contributed by atoms with Crippen LogP contribution in [-0.2, 0) is 0 Å². The maximum Gasteiger partial charge on any atom is 0.0723 e. The van der Waals surface area contributed by atoms with E-state index in [-0.39, 0.29) is 0 Å². The molecular formula is C34H27N3. The van der Waals surface area contributed by atoms with Gasteiger partial charge >= 0.3 is 0 Å². The molecule has 0 atom stereocenters. The highest BCUT2D eigenvalue weighted by atomic mass is 15.2. The second kappa shape index (κ2) is 10.00. The molecule has 0 N–H and O–H groups in total. The topological polar surface area (TPSA) is 19.4 Å². The van der Waals surface area contributed by atoms with E-state index in [1.807, 2.05) is 12.3 Å². The van der Waals surface area contributed by atoms with Crippen LogP contribution in [0, 0.1) is 6.92 Å². The number of hydrogen-bond acceptors (Lipinski definition) is 3. The molecule has 0 bridgehead atoms. The van der Waals surface area contributed by atoms with Gasteiger partial charge in [0.15, 0.2) is 0 Å². The summed E-state index contributed by atoms with van der Waals surface area (Å²) < 4.78 is 0. The van der Waals surface area contributed by atoms with Gasteiger partial charge in [-0.25, -0.2) is 0 Å². The largest absolute Gasteiger partial charge is 0.311 e. The van der Waals surface area contributed by atoms with E-state index in [0.29, 0.717) is 0 Å². The molecule has 6 rings (SSSR count). The second-order valence-electron chi connectivity index (χ2n) is 9.04. The maximum absolute atomic E-state index is 4.59. The Bertz CT molecular complexity index is 1600. The highest BCUT2D eigenvalue weighted by Gasteiger charge is 2.17. The summed E-state index contributed by atoms with van der Waals surface area (Å²) >= 11 is 0. The zero-order valence-electron chi connectivity index (χ0n) is 20.7. The fourth-order valence-electron chi connectivity index (χ4n) is 4.75. The molecule has 0 fully saturated rings. The minimum Gasteiger partial charge on any atom is -0.311 e. The van der Waals surface area contributed by atoms with Crippen molar-refractivity contribution < 1.29 is 0 Å². The summed E-state index contributed by atoms with van der Waals surface area (Å²) in [4.78, 5) is 9.18. The Hall–Kier alpha value is -4.89. The SMILES string of the molecule is Cc1ccc(N(c2ccccc2)c2ccc(N(c3ccccc3)c3ccnc4ccccc34)cc2)cc1. The molecule has 0 radical (unpaired) electrons. The normalized spacial score (nSPS) is 10.8. The molecular weight excluding hydrogens is 450 g/mol. The van der Waals surface area contributed by atoms with Crippen LogP contribution in [0.2, 0.25) is 0 Å². The average Bonchev–Trinajstić information content (AvgIpc) is 2.96. The standard InChI is InChI=1S/C34H27N3/c1-26-16-18-29(19-17-26)36(27-10-4-2-5-11-27)30-20-22-31(23-21-30)37(28-12-6-3-7-13-28)34-24-25-35-33-15-9-8-14-32(33)34/h2-25H,1H3. The molecule has 3 nitrogen and oxygen atoms in total. The smallest absolute Gasteiger partial charge is 0.0723 e. The average molecular weight is 478 g/mol. The lowest BCUT2D eigenvalue weighted by atomic mass is 10.1. The minimum absolute atomic E-state index is 0.979. The van der Waals surface area contributed by atoms with E-state index >= 15 is 0 Å². The third kappa shape index (κ3) is 4.55. The van der Waals surface area contributed by atoms with Crippen molar-refractivity contribution in [2.45, 2.75) is 6.92 Å². The van der Waals surface area contributed by atoms with E-state index in [0.717, 1.165) is 45.0 Å². The summed E-state index contributed by atoms with van der Waals surface area (Å²) in [5, 5.41) is 1.11. The first kappa shape index (κ1) is 22.6. The van der Waals surface area contributed by atoms with Gasteiger partial charge < -0.3 is 9.80 Å². The molecule has 5 aromatic carbocycles. The van der Waals surface area contributed by atoms with Crippen LogP contribution in [0.25, 0.3) is 10.9 Å². The maximum atomic E-state index is 4.59. The molecule has 6 aromatic rings. The van der Waals surface area contributed by atoms with Crippen molar-refractivity contribution in [1.29, 1.82) is 0 Å². The molecule has 0 amide bonds. The van der Waals surface area contributed by atoms with Crippen molar-refractivity contribution in [2.24, 2.45) is 0 Å². The highest BCUT2D eigenvalue weighted by molar-refractivity contribution is 5.97. The summed E-state index contributed by atoms with van der Waals surface area (Å²) in [6.45, 7) is 2.12. The summed E-state index contributed by atoms with van der Waals surface area (Å²) in [7, 11) is 0. The number of anilines is 6. The zero-order valence-corrected chi connectivity index (χ0v) is 20.7. The number of benzene rings is 5. The van der Waals surface area contributed by atoms with Crippen LogP contribution >= 0.6 is 0 Å². The van der Waals surface area contributed by atoms with Crippen LogP contribution in [0.1, 0.15) is 5.56 Å². The van der Waals surface area contributed by atoms with E-state index in [4.69, 9.17) is 0 Å². The van der Waals surface area contributed by atoms with Gasteiger partial charge in [0.25, 0.3) is 0 Å². The van der Waals surface area contributed by atoms with Gasteiger partial charge in [-0.2, -0.15) is 0 Å². The van der Waals surface area contributed by atoms with Crippen LogP contribution in [0.5, 0.6) is 0 Å². The lowest BCUT2D eigenvalue weighted by molar-refractivity contribution is 1.25. The van der Waals surface area contributed by atoms with Gasteiger partial charge in [-0.05, 0) is 79.7 Å². The highest BCUT2D eigenvalue weighted by Crippen LogP contribution is 2.40. The van der Waals surface area contributed by atoms with Crippen molar-refractivity contribution in [3.63, 3.8) is 0 Å². The van der Waals surface area contributed by atoms with Gasteiger partial charge in [0, 0.05) is 40.0 Å². The van der Waals surface area contributed by atoms with Gasteiger partial charge in [0.2, 0.25) is 0 Å². The Morgan fingerprint density at radius 2 is 0.892 bits per heavy atom. The van der Waals surface area contributed by atoms with Crippen LogP contribution < -0.4 is 9.80 Å². The Kier molecular flexibility index (Phi) is 6.10. The number of nitrogens with zero attached hydrogens (tertiary/aromatic N) is 3. The van der Waals surface area contributed by atoms with Crippen LogP contribution in [0.15, 0.2) is 146 Å². The van der Waals surface area contributed by atoms with Crippen molar-refractivity contribution in [3.8, 4) is 0 Å². The summed E-state index contributed by atoms with van der Waals surface area (Å²) in [5.74, 6) is 0. The van der Waals surface area contributed by atoms with Crippen LogP contribution in [0.3, 0.4) is 0 Å². The summed E-state index contributed by atoms with van der Waals surface area (Å²) in [6.07, 6.45) is 1.89. The molecule has 0 aliphatic rings. The van der Waals surface area contributed by atoms with Crippen molar-refractivity contribution >= 4 is 45.0 Å². The first-order valence-electron chi connectivity index (χ1n) is 12.5. The minimum atomic E-state index is 0.979. The second-order valence-corrected chi connectivity index (χ2v) is 9.04. The molecule has 0 saturated heterocycles. The molecule has 1 heterocycles. The monoisotopic (exact) mass is 477 g/mol. The molecule has 0 unspecified atom stereocenters. The predicted octanol–water partition coefficient (Wildman–Crippen LogP) is 9.48. The van der Waals surface area contributed by atoms with E-state index in [9.17, 15) is 0 Å². The van der Waals surface area contributed by atoms with Crippen LogP contribution in [0.4, 0.5) is 34.1 Å². The number of para-hydroxylation sites is 3. The number of rotatable bonds is 6. The summed E-state index contributed by atoms with van der Waals surface area (Å²) in [6, 6.07) is 48.8. The lowest BCUT2D eigenvalue weighted by Gasteiger charge is -2.29. The Morgan fingerprint density at radius 3 is 1.51 bits per heavy atom. The molecule has 178 valence electrons. The van der Waals surface area contributed by atoms with Crippen molar-refractivity contribution in [2.75, 3.05) is 9.80 Å². The number of aryl methyl sites for hydroxylation is 1. The number of pyridine rings is 1. The quantitative estimate of drug-likeness (QED) is 0.238. The zero-order chi connectivity index (χ0) is 25.0. The lowest BCUT2D eigenvalue weighted by Crippen LogP contribution is -2.12. The van der Waals surface area contributed by atoms with Gasteiger partial charge in [-0.1, -0.05) is 72.3 Å². The van der Waals surface area contributed by atoms with Crippen molar-refractivity contribution in [1.82, 2.24) is 4.98 Å². The van der Waals surface area contributed by atoms with Crippen LogP contribution in [-0.4, -0.2) is 4.98 Å². The van der Waals surface area contributed by atoms with E-state index in [2.05, 4.69) is 155 Å². The first-order valence-corrected chi connectivity index (χ1v) is 12.5. The third-order valence-corrected chi connectivity index (χ3v) is 6.55. The predicted molar refractivity (Wildman–Crippen MR) is 156 cm³/mol. The van der Waals surface area contributed by atoms with E-state index in [1.165, 1.54) is 5.56 Å². The number of aromatic nitrogens is 1. The van der Waals surface area contributed by atoms with Gasteiger partial charge in [0.05, 0.1) is 11.2 Å². The fourth-order valence-corrected chi connectivity index (χ4v) is 4.75. The van der Waals surface area contributed by atoms with Crippen molar-refractivity contribution in [3.05, 3.63) is 151 Å². The molecule has 1 aromatic heterocycles. The molecule has 3 heteroatoms. The molecule has 0 aliphatic carbocycles. The molecule has 0 spiro atoms. The Morgan fingerprint density at radius 1 is 0.432 bits per heavy atom. The molecule has 0 saturated carbocycles. The van der Waals surface area contributed by atoms with Gasteiger partial charge in [-0.3, -0.25) is 4.98 Å². The molecule has 0 aliphatic heterocycles. The van der Waals surface area contributed by atoms with E-state index in [1.54, 1.807) is 0 Å². The van der Waals surface area contributed by atoms with Gasteiger partial charge in [-0.15, -0.1) is 0 Å². The molecule has 37 heavy (non-hydrogen) atoms. The summed E-state index contributed by atoms with van der Waals surface area (Å²) in [5.41, 5.74) is 8.87. The third-order valence-electron chi connectivity index (χ3n) is 6.55.